The first-order valence-corrected chi connectivity index (χ1v) is 14.0. The van der Waals surface area contributed by atoms with Gasteiger partial charge in [0, 0.05) is 49.2 Å². The quantitative estimate of drug-likeness (QED) is 0.345. The van der Waals surface area contributed by atoms with Crippen LogP contribution in [0.15, 0.2) is 48.5 Å². The number of likely N-dealkylation sites (N-methyl/N-ethyl adjacent to an activating group) is 1. The normalized spacial score (nSPS) is 21.5. The van der Waals surface area contributed by atoms with Crippen LogP contribution in [0.4, 0.5) is 10.2 Å². The van der Waals surface area contributed by atoms with Gasteiger partial charge in [0.1, 0.15) is 17.1 Å². The van der Waals surface area contributed by atoms with Crippen LogP contribution in [0.3, 0.4) is 0 Å². The third-order valence-corrected chi connectivity index (χ3v) is 8.72. The largest absolute Gasteiger partial charge is 0.497 e. The second-order valence-corrected chi connectivity index (χ2v) is 11.4. The minimum atomic E-state index is -0.424. The van der Waals surface area contributed by atoms with E-state index in [1.165, 1.54) is 0 Å². The van der Waals surface area contributed by atoms with Crippen molar-refractivity contribution in [2.75, 3.05) is 45.2 Å². The Morgan fingerprint density at radius 2 is 1.85 bits per heavy atom. The van der Waals surface area contributed by atoms with Crippen molar-refractivity contribution < 1.29 is 9.13 Å². The highest BCUT2D eigenvalue weighted by molar-refractivity contribution is 6.35. The van der Waals surface area contributed by atoms with Gasteiger partial charge in [0.2, 0.25) is 0 Å². The Morgan fingerprint density at radius 1 is 1.05 bits per heavy atom. The van der Waals surface area contributed by atoms with Gasteiger partial charge in [-0.1, -0.05) is 41.9 Å². The number of nitrogens with one attached hydrogen (secondary N) is 1. The highest BCUT2D eigenvalue weighted by atomic mass is 35.5. The van der Waals surface area contributed by atoms with Crippen molar-refractivity contribution in [2.45, 2.75) is 31.3 Å². The second-order valence-electron chi connectivity index (χ2n) is 11.0. The van der Waals surface area contributed by atoms with E-state index in [0.29, 0.717) is 50.7 Å². The number of benzene rings is 3. The van der Waals surface area contributed by atoms with E-state index in [9.17, 15) is 0 Å². The number of nitrogens with zero attached hydrogens (tertiary/aromatic N) is 4. The van der Waals surface area contributed by atoms with Crippen LogP contribution >= 0.6 is 11.6 Å². The first kappa shape index (κ1) is 24.8. The maximum absolute atomic E-state index is 16.8. The molecule has 0 saturated carbocycles. The molecule has 8 heteroatoms. The van der Waals surface area contributed by atoms with Crippen LogP contribution in [0, 0.1) is 5.82 Å². The minimum Gasteiger partial charge on any atom is -0.497 e. The first-order valence-electron chi connectivity index (χ1n) is 13.6. The molecular weight excluding hydrogens is 513 g/mol. The molecule has 6 nitrogen and oxygen atoms in total. The summed E-state index contributed by atoms with van der Waals surface area (Å²) in [6.45, 7) is 3.43. The predicted octanol–water partition coefficient (Wildman–Crippen LogP) is 5.91. The molecule has 1 aromatic heterocycles. The monoisotopic (exact) mass is 543 g/mol. The summed E-state index contributed by atoms with van der Waals surface area (Å²) in [6.07, 6.45) is 5.30. The Morgan fingerprint density at radius 3 is 2.59 bits per heavy atom. The third-order valence-electron chi connectivity index (χ3n) is 8.42. The van der Waals surface area contributed by atoms with Crippen LogP contribution in [0.25, 0.3) is 38.4 Å². The molecule has 0 radical (unpaired) electrons. The zero-order chi connectivity index (χ0) is 26.7. The van der Waals surface area contributed by atoms with Gasteiger partial charge in [0.15, 0.2) is 11.6 Å². The molecule has 0 spiro atoms. The molecule has 2 atom stereocenters. The molecule has 2 fully saturated rings. The fraction of sp³-hybridized carbons (Fsp3) is 0.355. The van der Waals surface area contributed by atoms with Gasteiger partial charge >= 0.3 is 0 Å². The lowest BCUT2D eigenvalue weighted by Gasteiger charge is -2.34. The Labute approximate surface area is 232 Å². The Bertz CT molecular complexity index is 1630. The fourth-order valence-electron chi connectivity index (χ4n) is 6.36. The first-order chi connectivity index (χ1) is 19.0. The number of ether oxygens (including phenoxy) is 1. The smallest absolute Gasteiger partial charge is 0.158 e. The molecule has 7 rings (SSSR count). The molecule has 200 valence electrons. The van der Waals surface area contributed by atoms with Crippen LogP contribution in [0.2, 0.25) is 5.02 Å². The van der Waals surface area contributed by atoms with E-state index >= 15 is 4.39 Å². The van der Waals surface area contributed by atoms with E-state index in [2.05, 4.69) is 28.2 Å². The number of piperazine rings is 1. The summed E-state index contributed by atoms with van der Waals surface area (Å²) in [4.78, 5) is 14.5. The van der Waals surface area contributed by atoms with Crippen LogP contribution in [-0.4, -0.2) is 67.3 Å². The second kappa shape index (κ2) is 9.73. The molecule has 3 aromatic carbocycles. The van der Waals surface area contributed by atoms with E-state index in [0.717, 1.165) is 67.6 Å². The van der Waals surface area contributed by atoms with Gasteiger partial charge < -0.3 is 19.9 Å². The molecule has 4 heterocycles. The van der Waals surface area contributed by atoms with E-state index in [1.807, 2.05) is 42.5 Å². The van der Waals surface area contributed by atoms with E-state index in [4.69, 9.17) is 26.3 Å². The summed E-state index contributed by atoms with van der Waals surface area (Å²) in [5.41, 5.74) is 2.41. The van der Waals surface area contributed by atoms with Gasteiger partial charge in [-0.25, -0.2) is 14.4 Å². The lowest BCUT2D eigenvalue weighted by atomic mass is 9.96. The maximum atomic E-state index is 16.8. The standard InChI is InChI=1S/C31H31ClFN5O/c1-37-11-9-18(10-12-37)30-35-29-25(31(36-30)38-16-20-7-8-21(17-38)34-20)15-26(32)27(28(29)33)24-14-22(39-2)13-19-5-3-4-6-23(19)24/h3-6,9,13-15,20-21,34H,7-8,10-12,16-17H2,1-2H3. The Balaban J connectivity index is 1.47. The third kappa shape index (κ3) is 4.33. The van der Waals surface area contributed by atoms with Gasteiger partial charge in [0.05, 0.1) is 12.1 Å². The van der Waals surface area contributed by atoms with Crippen molar-refractivity contribution in [3.05, 3.63) is 65.2 Å². The van der Waals surface area contributed by atoms with Crippen molar-refractivity contribution in [3.8, 4) is 16.9 Å². The molecule has 3 aliphatic heterocycles. The maximum Gasteiger partial charge on any atom is 0.158 e. The number of anilines is 1. The number of hydrogen-bond donors (Lipinski definition) is 1. The summed E-state index contributed by atoms with van der Waals surface area (Å²) in [6, 6.07) is 14.4. The summed E-state index contributed by atoms with van der Waals surface area (Å²) in [7, 11) is 3.72. The number of hydrogen-bond acceptors (Lipinski definition) is 6. The van der Waals surface area contributed by atoms with Crippen molar-refractivity contribution in [1.29, 1.82) is 0 Å². The van der Waals surface area contributed by atoms with Gasteiger partial charge in [-0.15, -0.1) is 0 Å². The highest BCUT2D eigenvalue weighted by Crippen LogP contribution is 2.43. The van der Waals surface area contributed by atoms with Gasteiger partial charge in [-0.05, 0) is 66.4 Å². The average Bonchev–Trinajstić information content (AvgIpc) is 3.29. The molecule has 3 aliphatic rings. The van der Waals surface area contributed by atoms with Crippen LogP contribution < -0.4 is 15.0 Å². The van der Waals surface area contributed by atoms with Gasteiger partial charge in [-0.2, -0.15) is 0 Å². The summed E-state index contributed by atoms with van der Waals surface area (Å²) in [5.74, 6) is 1.61. The summed E-state index contributed by atoms with van der Waals surface area (Å²) < 4.78 is 22.4. The molecule has 2 bridgehead atoms. The van der Waals surface area contributed by atoms with Crippen LogP contribution in [0.5, 0.6) is 5.75 Å². The zero-order valence-corrected chi connectivity index (χ0v) is 22.9. The highest BCUT2D eigenvalue weighted by Gasteiger charge is 2.34. The fourth-order valence-corrected chi connectivity index (χ4v) is 6.66. The summed E-state index contributed by atoms with van der Waals surface area (Å²) in [5, 5.41) is 6.55. The lowest BCUT2D eigenvalue weighted by molar-refractivity contribution is 0.369. The summed E-state index contributed by atoms with van der Waals surface area (Å²) >= 11 is 6.94. The predicted molar refractivity (Wildman–Crippen MR) is 156 cm³/mol. The van der Waals surface area contributed by atoms with E-state index in [-0.39, 0.29) is 0 Å². The minimum absolute atomic E-state index is 0.312. The SMILES string of the molecule is COc1cc(-c2c(Cl)cc3c(N4CC5CCC(C4)N5)nc(C4=CCN(C)CC4)nc3c2F)c2ccccc2c1. The Hall–Kier alpha value is -3.26. The number of fused-ring (bicyclic) bond motifs is 4. The molecule has 0 amide bonds. The Kier molecular flexibility index (Phi) is 6.18. The molecule has 4 aromatic rings. The lowest BCUT2D eigenvalue weighted by Crippen LogP contribution is -2.51. The zero-order valence-electron chi connectivity index (χ0n) is 22.2. The van der Waals surface area contributed by atoms with Crippen molar-refractivity contribution >= 4 is 44.7 Å². The number of halogens is 2. The van der Waals surface area contributed by atoms with Crippen LogP contribution in [-0.2, 0) is 0 Å². The molecule has 1 N–H and O–H groups in total. The number of aromatic nitrogens is 2. The average molecular weight is 544 g/mol. The van der Waals surface area contributed by atoms with E-state index < -0.39 is 5.82 Å². The molecular formula is C31H31ClFN5O. The van der Waals surface area contributed by atoms with Gasteiger partial charge in [-0.3, -0.25) is 0 Å². The van der Waals surface area contributed by atoms with Crippen molar-refractivity contribution in [1.82, 2.24) is 20.2 Å². The number of methoxy groups -OCH3 is 1. The van der Waals surface area contributed by atoms with Crippen LogP contribution in [0.1, 0.15) is 25.1 Å². The van der Waals surface area contributed by atoms with Crippen molar-refractivity contribution in [3.63, 3.8) is 0 Å². The van der Waals surface area contributed by atoms with Gasteiger partial charge in [0.25, 0.3) is 0 Å². The topological polar surface area (TPSA) is 53.5 Å². The molecule has 2 saturated heterocycles. The molecule has 2 unspecified atom stereocenters. The molecule has 0 aliphatic carbocycles. The van der Waals surface area contributed by atoms with E-state index in [1.54, 1.807) is 7.11 Å². The number of rotatable bonds is 4. The molecule has 39 heavy (non-hydrogen) atoms. The van der Waals surface area contributed by atoms with Crippen molar-refractivity contribution in [2.24, 2.45) is 0 Å².